The Morgan fingerprint density at radius 3 is 2.43 bits per heavy atom. The molecule has 6 nitrogen and oxygen atoms in total. The molecule has 0 heterocycles. The van der Waals surface area contributed by atoms with Gasteiger partial charge in [0.2, 0.25) is 5.91 Å². The van der Waals surface area contributed by atoms with Crippen LogP contribution in [0, 0.1) is 46.3 Å². The van der Waals surface area contributed by atoms with Crippen molar-refractivity contribution in [2.24, 2.45) is 46.3 Å². The Morgan fingerprint density at radius 2 is 1.74 bits per heavy atom. The summed E-state index contributed by atoms with van der Waals surface area (Å²) in [4.78, 5) is 24.8. The van der Waals surface area contributed by atoms with Crippen LogP contribution in [-0.4, -0.2) is 36.0 Å². The summed E-state index contributed by atoms with van der Waals surface area (Å²) in [6.07, 6.45) is 12.6. The minimum Gasteiger partial charge on any atom is -0.748 e. The van der Waals surface area contributed by atoms with Crippen molar-refractivity contribution >= 4 is 21.8 Å². The fourth-order valence-electron chi connectivity index (χ4n) is 9.73. The largest absolute Gasteiger partial charge is 0.748 e. The maximum Gasteiger partial charge on any atom is 0.220 e. The smallest absolute Gasteiger partial charge is 0.220 e. The van der Waals surface area contributed by atoms with Gasteiger partial charge in [-0.25, -0.2) is 8.42 Å². The highest BCUT2D eigenvalue weighted by Gasteiger charge is 2.60. The Kier molecular flexibility index (Phi) is 6.47. The maximum atomic E-state index is 12.6. The van der Waals surface area contributed by atoms with E-state index in [4.69, 9.17) is 0 Å². The van der Waals surface area contributed by atoms with Crippen LogP contribution in [0.3, 0.4) is 0 Å². The molecule has 5 aliphatic carbocycles. The van der Waals surface area contributed by atoms with E-state index in [1.165, 1.54) is 38.5 Å². The quantitative estimate of drug-likeness (QED) is 0.498. The van der Waals surface area contributed by atoms with Crippen LogP contribution in [0.4, 0.5) is 0 Å². The van der Waals surface area contributed by atoms with Crippen molar-refractivity contribution in [3.05, 3.63) is 0 Å². The van der Waals surface area contributed by atoms with Gasteiger partial charge in [-0.1, -0.05) is 20.8 Å². The minimum absolute atomic E-state index is 0.112. The first-order valence-corrected chi connectivity index (χ1v) is 15.7. The number of fused-ring (bicyclic) bond motifs is 5. The highest BCUT2D eigenvalue weighted by atomic mass is 32.2. The molecule has 5 saturated carbocycles. The highest BCUT2D eigenvalue weighted by molar-refractivity contribution is 7.85. The topological polar surface area (TPSA) is 103 Å². The van der Waals surface area contributed by atoms with E-state index in [0.717, 1.165) is 43.4 Å². The summed E-state index contributed by atoms with van der Waals surface area (Å²) in [5, 5.41) is 2.86. The van der Waals surface area contributed by atoms with E-state index in [0.29, 0.717) is 53.6 Å². The van der Waals surface area contributed by atoms with E-state index in [9.17, 15) is 22.6 Å². The molecule has 198 valence electrons. The predicted octanol–water partition coefficient (Wildman–Crippen LogP) is 4.82. The summed E-state index contributed by atoms with van der Waals surface area (Å²) < 4.78 is 33.5. The van der Waals surface area contributed by atoms with E-state index < -0.39 is 21.4 Å². The number of rotatable bonds is 7. The van der Waals surface area contributed by atoms with Gasteiger partial charge < -0.3 is 9.87 Å². The van der Waals surface area contributed by atoms with E-state index >= 15 is 0 Å². The van der Waals surface area contributed by atoms with Crippen LogP contribution in [0.5, 0.6) is 0 Å². The van der Waals surface area contributed by atoms with Crippen LogP contribution in [0.2, 0.25) is 0 Å². The third-order valence-electron chi connectivity index (χ3n) is 11.8. The molecule has 7 heteroatoms. The van der Waals surface area contributed by atoms with Gasteiger partial charge in [0.15, 0.2) is 0 Å². The Morgan fingerprint density at radius 1 is 1.03 bits per heavy atom. The molecule has 0 bridgehead atoms. The van der Waals surface area contributed by atoms with Crippen LogP contribution in [-0.2, 0) is 19.7 Å². The summed E-state index contributed by atoms with van der Waals surface area (Å²) in [5.41, 5.74) is -0.127. The monoisotopic (exact) mass is 506 g/mol. The molecule has 0 saturated heterocycles. The van der Waals surface area contributed by atoms with Crippen LogP contribution in [0.1, 0.15) is 104 Å². The molecule has 35 heavy (non-hydrogen) atoms. The molecule has 5 rings (SSSR count). The number of hydrogen-bond acceptors (Lipinski definition) is 5. The Hall–Kier alpha value is -0.950. The van der Waals surface area contributed by atoms with E-state index in [1.54, 1.807) is 0 Å². The molecule has 1 N–H and O–H groups in total. The molecular weight excluding hydrogens is 462 g/mol. The first-order chi connectivity index (χ1) is 16.4. The summed E-state index contributed by atoms with van der Waals surface area (Å²) >= 11 is 0. The fraction of sp³-hybridized carbons (Fsp3) is 0.929. The van der Waals surface area contributed by atoms with Gasteiger partial charge in [0, 0.05) is 19.3 Å². The van der Waals surface area contributed by atoms with Crippen molar-refractivity contribution in [3.63, 3.8) is 0 Å². The minimum atomic E-state index is -4.34. The first kappa shape index (κ1) is 25.7. The van der Waals surface area contributed by atoms with Gasteiger partial charge in [-0.3, -0.25) is 9.59 Å². The van der Waals surface area contributed by atoms with Gasteiger partial charge >= 0.3 is 0 Å². The third kappa shape index (κ3) is 4.73. The lowest BCUT2D eigenvalue weighted by Crippen LogP contribution is -2.53. The lowest BCUT2D eigenvalue weighted by Gasteiger charge is -2.60. The second-order valence-corrected chi connectivity index (χ2v) is 15.1. The second kappa shape index (κ2) is 8.82. The van der Waals surface area contributed by atoms with E-state index in [1.807, 2.05) is 0 Å². The molecule has 0 radical (unpaired) electrons. The predicted molar refractivity (Wildman–Crippen MR) is 133 cm³/mol. The number of carbonyl (C=O) groups excluding carboxylic acids is 2. The molecule has 0 unspecified atom stereocenters. The van der Waals surface area contributed by atoms with Gasteiger partial charge in [-0.05, 0) is 111 Å². The van der Waals surface area contributed by atoms with Gasteiger partial charge in [0.1, 0.15) is 5.78 Å². The summed E-state index contributed by atoms with van der Waals surface area (Å²) in [6, 6.07) is 0. The normalized spacial score (nSPS) is 43.0. The molecule has 0 aromatic carbocycles. The van der Waals surface area contributed by atoms with Gasteiger partial charge in [-0.2, -0.15) is 0 Å². The molecule has 0 aromatic heterocycles. The number of carbonyl (C=O) groups is 2. The van der Waals surface area contributed by atoms with Crippen molar-refractivity contribution in [2.75, 3.05) is 5.75 Å². The molecule has 0 aromatic rings. The average Bonchev–Trinajstić information content (AvgIpc) is 3.39. The SMILES string of the molecule is C[C@H](CCC(=O)NC1(CS(=O)(=O)[O-])CC1)[C@H]1CC[C@H]2[C@@H]3CC[C@@H]4CC(=O)CC[C@]4(C)[C@H]3CC[C@]12C. The van der Waals surface area contributed by atoms with E-state index in [-0.39, 0.29) is 5.91 Å². The zero-order valence-corrected chi connectivity index (χ0v) is 22.6. The standard InChI is InChI=1S/C28H45NO5S/c1-18(4-9-25(31)29-28(14-15-28)17-35(32,33)34)22-7-8-23-21-6-5-19-16-20(30)10-12-26(19,2)24(21)11-13-27(22,23)3/h18-19,21-24H,4-17H2,1-3H3,(H,29,31)(H,32,33,34)/p-1/t18-,19-,21+,22-,23+,24+,26+,27-/m1/s1. The Bertz CT molecular complexity index is 974. The van der Waals surface area contributed by atoms with Crippen molar-refractivity contribution in [2.45, 2.75) is 110 Å². The number of ketones is 1. The lowest BCUT2D eigenvalue weighted by atomic mass is 9.44. The van der Waals surface area contributed by atoms with Gasteiger partial charge in [-0.15, -0.1) is 0 Å². The number of hydrogen-bond donors (Lipinski definition) is 1. The van der Waals surface area contributed by atoms with Gasteiger partial charge in [0.05, 0.1) is 21.4 Å². The number of Topliss-reactive ketones (excluding diaryl/α,β-unsaturated/α-hetero) is 1. The van der Waals surface area contributed by atoms with Crippen molar-refractivity contribution in [3.8, 4) is 0 Å². The molecule has 0 spiro atoms. The zero-order chi connectivity index (χ0) is 25.2. The van der Waals surface area contributed by atoms with Crippen LogP contribution in [0.15, 0.2) is 0 Å². The van der Waals surface area contributed by atoms with Gasteiger partial charge in [0.25, 0.3) is 0 Å². The van der Waals surface area contributed by atoms with Crippen LogP contribution < -0.4 is 5.32 Å². The number of amides is 1. The fourth-order valence-corrected chi connectivity index (χ4v) is 10.8. The summed E-state index contributed by atoms with van der Waals surface area (Å²) in [7, 11) is -4.34. The zero-order valence-electron chi connectivity index (χ0n) is 21.8. The molecule has 1 amide bonds. The van der Waals surface area contributed by atoms with Crippen molar-refractivity contribution in [1.82, 2.24) is 5.32 Å². The molecule has 5 aliphatic rings. The Balaban J connectivity index is 1.20. The number of nitrogens with one attached hydrogen (secondary N) is 1. The summed E-state index contributed by atoms with van der Waals surface area (Å²) in [5.74, 6) is 3.85. The second-order valence-electron chi connectivity index (χ2n) is 13.7. The average molecular weight is 507 g/mol. The molecule has 0 aliphatic heterocycles. The van der Waals surface area contributed by atoms with Crippen LogP contribution in [0.25, 0.3) is 0 Å². The Labute approximate surface area is 211 Å². The van der Waals surface area contributed by atoms with Crippen molar-refractivity contribution in [1.29, 1.82) is 0 Å². The van der Waals surface area contributed by atoms with E-state index in [2.05, 4.69) is 26.1 Å². The first-order valence-electron chi connectivity index (χ1n) is 14.1. The van der Waals surface area contributed by atoms with Crippen LogP contribution >= 0.6 is 0 Å². The summed E-state index contributed by atoms with van der Waals surface area (Å²) in [6.45, 7) is 7.33. The molecule has 5 fully saturated rings. The molecule has 8 atom stereocenters. The third-order valence-corrected chi connectivity index (χ3v) is 12.7. The molecular formula is C28H44NO5S-. The lowest BCUT2D eigenvalue weighted by molar-refractivity contribution is -0.140. The maximum absolute atomic E-state index is 12.6. The van der Waals surface area contributed by atoms with Crippen molar-refractivity contribution < 1.29 is 22.6 Å². The highest BCUT2D eigenvalue weighted by Crippen LogP contribution is 2.68.